The zero-order valence-electron chi connectivity index (χ0n) is 8.50. The highest BCUT2D eigenvalue weighted by molar-refractivity contribution is 7.18. The lowest BCUT2D eigenvalue weighted by Gasteiger charge is -1.95. The molecule has 2 rings (SSSR count). The van der Waals surface area contributed by atoms with Crippen molar-refractivity contribution in [3.05, 3.63) is 30.1 Å². The Kier molecular flexibility index (Phi) is 4.36. The molecule has 0 bridgehead atoms. The van der Waals surface area contributed by atoms with Crippen LogP contribution < -0.4 is 11.5 Å². The predicted octanol–water partition coefficient (Wildman–Crippen LogP) is 1.67. The van der Waals surface area contributed by atoms with Crippen LogP contribution >= 0.6 is 23.7 Å². The first-order valence-electron chi connectivity index (χ1n) is 4.35. The standard InChI is InChI=1S/C9H8FN5S.ClH/c10-6-4-2-1-3-5(6)7-14-15-9(16-7)13-8(11)12;/h1-4H,(H4,11,12,13,15);1H. The number of aliphatic imine (C=N–C) groups is 1. The molecule has 0 saturated heterocycles. The van der Waals surface area contributed by atoms with E-state index >= 15 is 0 Å². The number of aromatic nitrogens is 2. The van der Waals surface area contributed by atoms with E-state index in [0.29, 0.717) is 15.7 Å². The first-order valence-corrected chi connectivity index (χ1v) is 5.16. The van der Waals surface area contributed by atoms with Crippen LogP contribution in [0.2, 0.25) is 0 Å². The zero-order chi connectivity index (χ0) is 11.5. The van der Waals surface area contributed by atoms with E-state index in [0.717, 1.165) is 11.3 Å². The van der Waals surface area contributed by atoms with Crippen molar-refractivity contribution in [1.29, 1.82) is 0 Å². The summed E-state index contributed by atoms with van der Waals surface area (Å²) in [6.45, 7) is 0. The molecule has 0 spiro atoms. The van der Waals surface area contributed by atoms with Gasteiger partial charge in [0.15, 0.2) is 11.0 Å². The SMILES string of the molecule is Cl.NC(N)=Nc1nnc(-c2ccccc2F)s1. The van der Waals surface area contributed by atoms with Gasteiger partial charge >= 0.3 is 0 Å². The van der Waals surface area contributed by atoms with E-state index in [4.69, 9.17) is 11.5 Å². The molecule has 1 aromatic heterocycles. The maximum atomic E-state index is 13.4. The van der Waals surface area contributed by atoms with Gasteiger partial charge in [-0.1, -0.05) is 23.5 Å². The van der Waals surface area contributed by atoms with Crippen LogP contribution in [0.1, 0.15) is 0 Å². The Bertz CT molecular complexity index is 538. The topological polar surface area (TPSA) is 90.2 Å². The molecular weight excluding hydrogens is 265 g/mol. The van der Waals surface area contributed by atoms with Crippen molar-refractivity contribution in [1.82, 2.24) is 10.2 Å². The van der Waals surface area contributed by atoms with Gasteiger partial charge in [0.1, 0.15) is 5.82 Å². The minimum Gasteiger partial charge on any atom is -0.370 e. The molecule has 0 unspecified atom stereocenters. The lowest BCUT2D eigenvalue weighted by molar-refractivity contribution is 0.631. The summed E-state index contributed by atoms with van der Waals surface area (Å²) in [5.74, 6) is -0.453. The fourth-order valence-corrected chi connectivity index (χ4v) is 1.88. The van der Waals surface area contributed by atoms with Gasteiger partial charge in [0.25, 0.3) is 0 Å². The fourth-order valence-electron chi connectivity index (χ4n) is 1.11. The third-order valence-corrected chi connectivity index (χ3v) is 2.59. The van der Waals surface area contributed by atoms with E-state index in [-0.39, 0.29) is 24.2 Å². The van der Waals surface area contributed by atoms with Gasteiger partial charge < -0.3 is 11.5 Å². The molecule has 8 heteroatoms. The Morgan fingerprint density at radius 2 is 1.94 bits per heavy atom. The molecule has 1 heterocycles. The van der Waals surface area contributed by atoms with E-state index in [1.165, 1.54) is 6.07 Å². The Morgan fingerprint density at radius 1 is 1.24 bits per heavy atom. The average Bonchev–Trinajstić information content (AvgIpc) is 2.66. The molecule has 5 nitrogen and oxygen atoms in total. The van der Waals surface area contributed by atoms with Gasteiger partial charge in [0.05, 0.1) is 0 Å². The van der Waals surface area contributed by atoms with E-state index in [1.54, 1.807) is 18.2 Å². The van der Waals surface area contributed by atoms with E-state index in [9.17, 15) is 4.39 Å². The van der Waals surface area contributed by atoms with Crippen molar-refractivity contribution in [2.24, 2.45) is 16.5 Å². The number of hydrogen-bond acceptors (Lipinski definition) is 4. The third-order valence-electron chi connectivity index (χ3n) is 1.74. The first-order chi connectivity index (χ1) is 7.66. The van der Waals surface area contributed by atoms with Crippen LogP contribution in [0, 0.1) is 5.82 Å². The number of nitrogens with two attached hydrogens (primary N) is 2. The molecule has 0 atom stereocenters. The monoisotopic (exact) mass is 273 g/mol. The quantitative estimate of drug-likeness (QED) is 0.643. The maximum absolute atomic E-state index is 13.4. The zero-order valence-corrected chi connectivity index (χ0v) is 10.1. The summed E-state index contributed by atoms with van der Waals surface area (Å²) in [6.07, 6.45) is 0. The number of rotatable bonds is 2. The second kappa shape index (κ2) is 5.55. The van der Waals surface area contributed by atoms with Crippen molar-refractivity contribution >= 4 is 34.8 Å². The minimum atomic E-state index is -0.352. The molecule has 2 aromatic rings. The summed E-state index contributed by atoms with van der Waals surface area (Å²) in [5.41, 5.74) is 10.8. The Morgan fingerprint density at radius 3 is 2.59 bits per heavy atom. The lowest BCUT2D eigenvalue weighted by atomic mass is 10.2. The van der Waals surface area contributed by atoms with Gasteiger partial charge in [0, 0.05) is 5.56 Å². The van der Waals surface area contributed by atoms with E-state index in [2.05, 4.69) is 15.2 Å². The maximum Gasteiger partial charge on any atom is 0.235 e. The molecule has 0 radical (unpaired) electrons. The molecule has 0 amide bonds. The van der Waals surface area contributed by atoms with Crippen molar-refractivity contribution < 1.29 is 4.39 Å². The number of hydrogen-bond donors (Lipinski definition) is 2. The highest BCUT2D eigenvalue weighted by Gasteiger charge is 2.09. The molecule has 4 N–H and O–H groups in total. The molecule has 0 fully saturated rings. The van der Waals surface area contributed by atoms with Crippen LogP contribution in [0.3, 0.4) is 0 Å². The second-order valence-corrected chi connectivity index (χ2v) is 3.86. The van der Waals surface area contributed by atoms with Crippen LogP contribution in [0.15, 0.2) is 29.3 Å². The molecule has 0 aliphatic heterocycles. The number of halogens is 2. The molecular formula is C9H9ClFN5S. The molecule has 0 aliphatic rings. The number of benzene rings is 1. The number of nitrogens with zero attached hydrogens (tertiary/aromatic N) is 3. The van der Waals surface area contributed by atoms with E-state index in [1.807, 2.05) is 0 Å². The van der Waals surface area contributed by atoms with Crippen LogP contribution in [-0.2, 0) is 0 Å². The van der Waals surface area contributed by atoms with Crippen LogP contribution in [0.5, 0.6) is 0 Å². The minimum absolute atomic E-state index is 0. The summed E-state index contributed by atoms with van der Waals surface area (Å²) < 4.78 is 13.4. The van der Waals surface area contributed by atoms with Crippen molar-refractivity contribution in [3.8, 4) is 10.6 Å². The molecule has 1 aromatic carbocycles. The summed E-state index contributed by atoms with van der Waals surface area (Å²) in [4.78, 5) is 3.73. The molecule has 90 valence electrons. The summed E-state index contributed by atoms with van der Waals surface area (Å²) in [7, 11) is 0. The van der Waals surface area contributed by atoms with Gasteiger partial charge in [-0.3, -0.25) is 0 Å². The summed E-state index contributed by atoms with van der Waals surface area (Å²) >= 11 is 1.12. The van der Waals surface area contributed by atoms with Crippen LogP contribution in [0.25, 0.3) is 10.6 Å². The fraction of sp³-hybridized carbons (Fsp3) is 0. The van der Waals surface area contributed by atoms with Gasteiger partial charge in [-0.25, -0.2) is 4.39 Å². The summed E-state index contributed by atoms with van der Waals surface area (Å²) in [5, 5.41) is 8.29. The Balaban J connectivity index is 0.00000144. The van der Waals surface area contributed by atoms with Crippen molar-refractivity contribution in [2.45, 2.75) is 0 Å². The van der Waals surface area contributed by atoms with E-state index < -0.39 is 0 Å². The van der Waals surface area contributed by atoms with Crippen molar-refractivity contribution in [2.75, 3.05) is 0 Å². The van der Waals surface area contributed by atoms with Crippen molar-refractivity contribution in [3.63, 3.8) is 0 Å². The largest absolute Gasteiger partial charge is 0.370 e. The average molecular weight is 274 g/mol. The first kappa shape index (κ1) is 13.3. The van der Waals surface area contributed by atoms with Crippen LogP contribution in [0.4, 0.5) is 9.52 Å². The Hall–Kier alpha value is -1.73. The third kappa shape index (κ3) is 3.11. The Labute approximate surface area is 107 Å². The van der Waals surface area contributed by atoms with Gasteiger partial charge in [-0.2, -0.15) is 4.99 Å². The number of guanidine groups is 1. The van der Waals surface area contributed by atoms with Gasteiger partial charge in [-0.15, -0.1) is 22.6 Å². The highest BCUT2D eigenvalue weighted by Crippen LogP contribution is 2.29. The second-order valence-electron chi connectivity index (χ2n) is 2.91. The van der Waals surface area contributed by atoms with Gasteiger partial charge in [0.2, 0.25) is 5.13 Å². The summed E-state index contributed by atoms with van der Waals surface area (Å²) in [6, 6.07) is 6.31. The highest BCUT2D eigenvalue weighted by atomic mass is 35.5. The van der Waals surface area contributed by atoms with Gasteiger partial charge in [-0.05, 0) is 12.1 Å². The normalized spacial score (nSPS) is 9.47. The molecule has 17 heavy (non-hydrogen) atoms. The van der Waals surface area contributed by atoms with Crippen LogP contribution in [-0.4, -0.2) is 16.2 Å². The lowest BCUT2D eigenvalue weighted by Crippen LogP contribution is -2.21. The smallest absolute Gasteiger partial charge is 0.235 e. The molecule has 0 aliphatic carbocycles. The molecule has 0 saturated carbocycles. The predicted molar refractivity (Wildman–Crippen MR) is 68.0 cm³/mol.